The lowest BCUT2D eigenvalue weighted by Crippen LogP contribution is -2.35. The molecule has 0 aliphatic carbocycles. The molecule has 1 fully saturated rings. The van der Waals surface area contributed by atoms with Crippen LogP contribution in [0.3, 0.4) is 0 Å². The van der Waals surface area contributed by atoms with Crippen molar-refractivity contribution in [1.29, 1.82) is 0 Å². The van der Waals surface area contributed by atoms with Gasteiger partial charge in [0.25, 0.3) is 0 Å². The predicted molar refractivity (Wildman–Crippen MR) is 53.4 cm³/mol. The first-order chi connectivity index (χ1) is 6.33. The fourth-order valence-corrected chi connectivity index (χ4v) is 1.83. The Kier molecular flexibility index (Phi) is 2.42. The van der Waals surface area contributed by atoms with Crippen molar-refractivity contribution in [3.8, 4) is 5.75 Å². The van der Waals surface area contributed by atoms with E-state index in [0.717, 1.165) is 18.7 Å². The summed E-state index contributed by atoms with van der Waals surface area (Å²) in [6.07, 6.45) is 1.16. The van der Waals surface area contributed by atoms with Gasteiger partial charge in [0.2, 0.25) is 0 Å². The number of hydrogen-bond acceptors (Lipinski definition) is 2. The minimum atomic E-state index is 0.425. The number of ether oxygens (including phenoxy) is 1. The largest absolute Gasteiger partial charge is 0.495 e. The molecule has 1 atom stereocenters. The summed E-state index contributed by atoms with van der Waals surface area (Å²) in [5.74, 6) is 0.807. The van der Waals surface area contributed by atoms with Gasteiger partial charge >= 0.3 is 0 Å². The second-order valence-corrected chi connectivity index (χ2v) is 3.56. The fraction of sp³-hybridized carbons (Fsp3) is 0.400. The van der Waals surface area contributed by atoms with E-state index in [1.54, 1.807) is 7.11 Å². The number of hydrogen-bond donors (Lipinski definition) is 1. The molecular weight excluding hydrogens is 186 g/mol. The zero-order valence-corrected chi connectivity index (χ0v) is 8.27. The molecule has 1 saturated heterocycles. The zero-order valence-electron chi connectivity index (χ0n) is 7.51. The average Bonchev–Trinajstić information content (AvgIpc) is 2.01. The number of nitrogens with one attached hydrogen (secondary N) is 1. The lowest BCUT2D eigenvalue weighted by atomic mass is 9.97. The predicted octanol–water partition coefficient (Wildman–Crippen LogP) is 2.38. The van der Waals surface area contributed by atoms with E-state index >= 15 is 0 Å². The van der Waals surface area contributed by atoms with Crippen LogP contribution < -0.4 is 10.1 Å². The highest BCUT2D eigenvalue weighted by Crippen LogP contribution is 2.35. The minimum absolute atomic E-state index is 0.425. The third kappa shape index (κ3) is 1.52. The second kappa shape index (κ2) is 3.56. The van der Waals surface area contributed by atoms with Gasteiger partial charge in [-0.3, -0.25) is 0 Å². The van der Waals surface area contributed by atoms with Gasteiger partial charge in [-0.2, -0.15) is 0 Å². The fourth-order valence-electron chi connectivity index (χ4n) is 1.57. The van der Waals surface area contributed by atoms with Crippen LogP contribution in [0.4, 0.5) is 0 Å². The van der Waals surface area contributed by atoms with Crippen molar-refractivity contribution < 1.29 is 4.74 Å². The number of halogens is 1. The van der Waals surface area contributed by atoms with E-state index in [4.69, 9.17) is 16.3 Å². The summed E-state index contributed by atoms with van der Waals surface area (Å²) in [6, 6.07) is 6.29. The van der Waals surface area contributed by atoms with E-state index in [1.165, 1.54) is 5.56 Å². The molecule has 0 amide bonds. The van der Waals surface area contributed by atoms with Crippen LogP contribution in [0.2, 0.25) is 5.02 Å². The second-order valence-electron chi connectivity index (χ2n) is 3.16. The molecule has 0 unspecified atom stereocenters. The highest BCUT2D eigenvalue weighted by Gasteiger charge is 2.22. The normalized spacial score (nSPS) is 20.9. The Bertz CT molecular complexity index is 310. The van der Waals surface area contributed by atoms with E-state index in [1.807, 2.05) is 12.1 Å². The molecule has 0 aromatic heterocycles. The Hall–Kier alpha value is -0.730. The first-order valence-corrected chi connectivity index (χ1v) is 4.76. The molecule has 1 aromatic rings. The molecule has 1 aromatic carbocycles. The molecule has 0 bridgehead atoms. The Morgan fingerprint density at radius 3 is 2.85 bits per heavy atom. The Balaban J connectivity index is 2.37. The molecule has 1 aliphatic heterocycles. The maximum Gasteiger partial charge on any atom is 0.142 e. The molecule has 13 heavy (non-hydrogen) atoms. The lowest BCUT2D eigenvalue weighted by molar-refractivity contribution is 0.353. The van der Waals surface area contributed by atoms with Crippen molar-refractivity contribution in [1.82, 2.24) is 5.32 Å². The highest BCUT2D eigenvalue weighted by atomic mass is 35.5. The van der Waals surface area contributed by atoms with Crippen molar-refractivity contribution in [2.24, 2.45) is 0 Å². The smallest absolute Gasteiger partial charge is 0.142 e. The van der Waals surface area contributed by atoms with Crippen LogP contribution in [-0.4, -0.2) is 13.7 Å². The number of rotatable bonds is 2. The minimum Gasteiger partial charge on any atom is -0.495 e. The van der Waals surface area contributed by atoms with Crippen molar-refractivity contribution in [3.05, 3.63) is 28.8 Å². The maximum atomic E-state index is 6.00. The Labute approximate surface area is 82.9 Å². The summed E-state index contributed by atoms with van der Waals surface area (Å²) in [6.45, 7) is 1.08. The molecule has 3 heteroatoms. The van der Waals surface area contributed by atoms with Gasteiger partial charge in [-0.05, 0) is 19.0 Å². The average molecular weight is 198 g/mol. The number of benzene rings is 1. The van der Waals surface area contributed by atoms with Crippen molar-refractivity contribution >= 4 is 11.6 Å². The van der Waals surface area contributed by atoms with Crippen LogP contribution in [-0.2, 0) is 0 Å². The zero-order chi connectivity index (χ0) is 9.26. The first-order valence-electron chi connectivity index (χ1n) is 4.38. The molecule has 0 saturated carbocycles. The van der Waals surface area contributed by atoms with E-state index in [0.29, 0.717) is 11.1 Å². The van der Waals surface area contributed by atoms with Crippen LogP contribution in [0.1, 0.15) is 18.0 Å². The van der Waals surface area contributed by atoms with Gasteiger partial charge < -0.3 is 10.1 Å². The quantitative estimate of drug-likeness (QED) is 0.786. The molecular formula is C10H12ClNO. The summed E-state index contributed by atoms with van der Waals surface area (Å²) in [4.78, 5) is 0. The van der Waals surface area contributed by atoms with Crippen molar-refractivity contribution in [2.75, 3.05) is 13.7 Å². The van der Waals surface area contributed by atoms with Gasteiger partial charge in [0.15, 0.2) is 0 Å². The Morgan fingerprint density at radius 1 is 1.54 bits per heavy atom. The topological polar surface area (TPSA) is 21.3 Å². The van der Waals surface area contributed by atoms with Crippen LogP contribution in [0.5, 0.6) is 5.75 Å². The number of methoxy groups -OCH3 is 1. The van der Waals surface area contributed by atoms with Crippen LogP contribution in [0, 0.1) is 0 Å². The van der Waals surface area contributed by atoms with Gasteiger partial charge in [0.1, 0.15) is 5.75 Å². The first kappa shape index (κ1) is 8.85. The standard InChI is InChI=1S/C10H12ClNO/c1-13-10-7(9-5-6-12-9)3-2-4-8(10)11/h2-4,9,12H,5-6H2,1H3/t9-/m1/s1. The number of para-hydroxylation sites is 1. The van der Waals surface area contributed by atoms with Gasteiger partial charge in [-0.25, -0.2) is 0 Å². The van der Waals surface area contributed by atoms with Gasteiger partial charge in [-0.15, -0.1) is 0 Å². The lowest BCUT2D eigenvalue weighted by Gasteiger charge is -2.29. The van der Waals surface area contributed by atoms with Crippen molar-refractivity contribution in [2.45, 2.75) is 12.5 Å². The SMILES string of the molecule is COc1c(Cl)cccc1[C@H]1CCN1. The van der Waals surface area contributed by atoms with E-state index in [9.17, 15) is 0 Å². The molecule has 2 nitrogen and oxygen atoms in total. The maximum absolute atomic E-state index is 6.00. The van der Waals surface area contributed by atoms with Gasteiger partial charge in [-0.1, -0.05) is 23.7 Å². The summed E-state index contributed by atoms with van der Waals surface area (Å²) < 4.78 is 5.26. The van der Waals surface area contributed by atoms with Crippen LogP contribution in [0.15, 0.2) is 18.2 Å². The molecule has 2 rings (SSSR count). The third-order valence-corrected chi connectivity index (χ3v) is 2.70. The van der Waals surface area contributed by atoms with E-state index in [-0.39, 0.29) is 0 Å². The van der Waals surface area contributed by atoms with Gasteiger partial charge in [0, 0.05) is 11.6 Å². The van der Waals surface area contributed by atoms with Crippen LogP contribution >= 0.6 is 11.6 Å². The summed E-state index contributed by atoms with van der Waals surface area (Å²) in [5, 5.41) is 4.01. The highest BCUT2D eigenvalue weighted by molar-refractivity contribution is 6.32. The molecule has 0 spiro atoms. The Morgan fingerprint density at radius 2 is 2.31 bits per heavy atom. The molecule has 0 radical (unpaired) electrons. The monoisotopic (exact) mass is 197 g/mol. The third-order valence-electron chi connectivity index (χ3n) is 2.40. The molecule has 1 aliphatic rings. The van der Waals surface area contributed by atoms with Crippen molar-refractivity contribution in [3.63, 3.8) is 0 Å². The van der Waals surface area contributed by atoms with E-state index < -0.39 is 0 Å². The molecule has 70 valence electrons. The van der Waals surface area contributed by atoms with Crippen LogP contribution in [0.25, 0.3) is 0 Å². The summed E-state index contributed by atoms with van der Waals surface area (Å²) in [7, 11) is 1.66. The molecule has 1 heterocycles. The van der Waals surface area contributed by atoms with Gasteiger partial charge in [0.05, 0.1) is 12.1 Å². The van der Waals surface area contributed by atoms with E-state index in [2.05, 4.69) is 11.4 Å². The summed E-state index contributed by atoms with van der Waals surface area (Å²) in [5.41, 5.74) is 1.17. The summed E-state index contributed by atoms with van der Waals surface area (Å²) >= 11 is 6.00. The molecule has 1 N–H and O–H groups in total.